The topological polar surface area (TPSA) is 190 Å². The zero-order chi connectivity index (χ0) is 33.2. The average Bonchev–Trinajstić information content (AvgIpc) is 2.94. The number of carbonyl (C=O) groups excluding carboxylic acids is 6. The van der Waals surface area contributed by atoms with E-state index in [1.807, 2.05) is 20.8 Å². The predicted molar refractivity (Wildman–Crippen MR) is 161 cm³/mol. The smallest absolute Gasteiger partial charge is 0.246 e. The molecule has 246 valence electrons. The van der Waals surface area contributed by atoms with Gasteiger partial charge in [0.25, 0.3) is 0 Å². The third kappa shape index (κ3) is 18.6. The van der Waals surface area contributed by atoms with Gasteiger partial charge in [-0.15, -0.1) is 0 Å². The molecule has 0 heterocycles. The summed E-state index contributed by atoms with van der Waals surface area (Å²) < 4.78 is 15.9. The molecule has 1 rings (SSSR count). The normalized spacial score (nSPS) is 12.0. The number of Topliss-reactive ketones (excluding diaryl/α,β-unsaturated/α-hetero) is 1. The monoisotopic (exact) mass is 621 g/mol. The van der Waals surface area contributed by atoms with Crippen LogP contribution in [0.3, 0.4) is 0 Å². The first kappa shape index (κ1) is 38.1. The zero-order valence-corrected chi connectivity index (χ0v) is 26.5. The van der Waals surface area contributed by atoms with Crippen LogP contribution in [0, 0.1) is 5.41 Å². The molecule has 0 radical (unpaired) electrons. The van der Waals surface area contributed by atoms with E-state index in [4.69, 9.17) is 14.2 Å². The molecule has 0 fully saturated rings. The Morgan fingerprint density at radius 2 is 1.27 bits per heavy atom. The number of hydrogen-bond acceptors (Lipinski definition) is 9. The van der Waals surface area contributed by atoms with E-state index in [0.717, 1.165) is 5.56 Å². The first-order chi connectivity index (χ1) is 20.6. The lowest BCUT2D eigenvalue weighted by atomic mass is 9.91. The second kappa shape index (κ2) is 19.4. The molecule has 5 amide bonds. The molecule has 0 aliphatic heterocycles. The third-order valence-corrected chi connectivity index (χ3v) is 5.69. The Kier molecular flexibility index (Phi) is 16.8. The van der Waals surface area contributed by atoms with Crippen molar-refractivity contribution in [2.75, 3.05) is 52.8 Å². The molecule has 0 spiro atoms. The van der Waals surface area contributed by atoms with Gasteiger partial charge in [-0.25, -0.2) is 0 Å². The quantitative estimate of drug-likeness (QED) is 0.101. The van der Waals surface area contributed by atoms with Gasteiger partial charge in [0.15, 0.2) is 5.78 Å². The van der Waals surface area contributed by atoms with Crippen molar-refractivity contribution < 1.29 is 43.0 Å². The number of carbonyl (C=O) groups is 6. The molecular formula is C30H47N5O9. The maximum atomic E-state index is 12.9. The van der Waals surface area contributed by atoms with E-state index in [1.165, 1.54) is 0 Å². The Bertz CT molecular complexity index is 1100. The minimum Gasteiger partial charge on any atom is -0.373 e. The van der Waals surface area contributed by atoms with E-state index >= 15 is 0 Å². The summed E-state index contributed by atoms with van der Waals surface area (Å²) in [6.45, 7) is 9.69. The fraction of sp³-hybridized carbons (Fsp3) is 0.600. The van der Waals surface area contributed by atoms with Crippen molar-refractivity contribution in [1.29, 1.82) is 0 Å². The summed E-state index contributed by atoms with van der Waals surface area (Å²) in [5.41, 5.74) is -0.122. The summed E-state index contributed by atoms with van der Waals surface area (Å²) in [5.74, 6) is -3.06. The fourth-order valence-electron chi connectivity index (χ4n) is 3.19. The molecule has 1 atom stereocenters. The molecular weight excluding hydrogens is 574 g/mol. The summed E-state index contributed by atoms with van der Waals surface area (Å²) in [4.78, 5) is 73.4. The highest BCUT2D eigenvalue weighted by atomic mass is 16.5. The number of nitrogens with one attached hydrogen (secondary N) is 5. The van der Waals surface area contributed by atoms with Crippen molar-refractivity contribution in [3.05, 3.63) is 35.9 Å². The van der Waals surface area contributed by atoms with E-state index in [0.29, 0.717) is 6.61 Å². The summed E-state index contributed by atoms with van der Waals surface area (Å²) in [5, 5.41) is 12.2. The molecule has 0 unspecified atom stereocenters. The van der Waals surface area contributed by atoms with Gasteiger partial charge in [-0.3, -0.25) is 28.8 Å². The molecule has 14 heteroatoms. The van der Waals surface area contributed by atoms with Crippen LogP contribution in [0.25, 0.3) is 0 Å². The Hall–Kier alpha value is -3.88. The van der Waals surface area contributed by atoms with Crippen LogP contribution in [0.4, 0.5) is 0 Å². The van der Waals surface area contributed by atoms with E-state index < -0.39 is 47.5 Å². The van der Waals surface area contributed by atoms with Gasteiger partial charge in [0.2, 0.25) is 29.5 Å². The number of rotatable bonds is 19. The van der Waals surface area contributed by atoms with Crippen molar-refractivity contribution in [1.82, 2.24) is 26.6 Å². The Labute approximate surface area is 258 Å². The van der Waals surface area contributed by atoms with Crippen LogP contribution in [0.5, 0.6) is 0 Å². The SMILES string of the molecule is CC(C)(C)OCCOCC(=O)NCC(=O)NCC(=O)N[C@@H](Cc1ccccc1)C(=O)NCC(=O)NCOCC(=O)C(C)(C)C. The Morgan fingerprint density at radius 3 is 1.91 bits per heavy atom. The lowest BCUT2D eigenvalue weighted by molar-refractivity contribution is -0.133. The summed E-state index contributed by atoms with van der Waals surface area (Å²) in [7, 11) is 0. The summed E-state index contributed by atoms with van der Waals surface area (Å²) in [6.07, 6.45) is 0.128. The van der Waals surface area contributed by atoms with Gasteiger partial charge < -0.3 is 40.8 Å². The van der Waals surface area contributed by atoms with E-state index in [-0.39, 0.29) is 57.4 Å². The van der Waals surface area contributed by atoms with Crippen LogP contribution in [0.15, 0.2) is 30.3 Å². The first-order valence-corrected chi connectivity index (χ1v) is 14.3. The molecule has 1 aromatic carbocycles. The molecule has 0 saturated heterocycles. The lowest BCUT2D eigenvalue weighted by Gasteiger charge is -2.19. The van der Waals surface area contributed by atoms with Crippen molar-refractivity contribution in [3.8, 4) is 0 Å². The van der Waals surface area contributed by atoms with Crippen molar-refractivity contribution in [2.45, 2.75) is 59.6 Å². The van der Waals surface area contributed by atoms with Gasteiger partial charge in [0, 0.05) is 11.8 Å². The molecule has 44 heavy (non-hydrogen) atoms. The van der Waals surface area contributed by atoms with Gasteiger partial charge in [0.05, 0.1) is 38.4 Å². The van der Waals surface area contributed by atoms with Crippen molar-refractivity contribution in [2.24, 2.45) is 5.41 Å². The summed E-state index contributed by atoms with van der Waals surface area (Å²) >= 11 is 0. The highest BCUT2D eigenvalue weighted by molar-refractivity contribution is 5.93. The predicted octanol–water partition coefficient (Wildman–Crippen LogP) is -0.400. The second-order valence-electron chi connectivity index (χ2n) is 11.9. The minimum absolute atomic E-state index is 0.122. The van der Waals surface area contributed by atoms with Crippen molar-refractivity contribution in [3.63, 3.8) is 0 Å². The van der Waals surface area contributed by atoms with Gasteiger partial charge in [-0.05, 0) is 26.3 Å². The number of benzene rings is 1. The van der Waals surface area contributed by atoms with E-state index in [2.05, 4.69) is 26.6 Å². The number of ether oxygens (including phenoxy) is 3. The minimum atomic E-state index is -1.05. The molecule has 1 aromatic rings. The molecule has 0 aromatic heterocycles. The van der Waals surface area contributed by atoms with Gasteiger partial charge >= 0.3 is 0 Å². The molecule has 0 saturated carbocycles. The van der Waals surface area contributed by atoms with Crippen molar-refractivity contribution >= 4 is 35.3 Å². The molecule has 0 aliphatic carbocycles. The number of hydrogen-bond donors (Lipinski definition) is 5. The van der Waals surface area contributed by atoms with E-state index in [9.17, 15) is 28.8 Å². The van der Waals surface area contributed by atoms with E-state index in [1.54, 1.807) is 51.1 Å². The molecule has 14 nitrogen and oxygen atoms in total. The van der Waals surface area contributed by atoms with Gasteiger partial charge in [-0.1, -0.05) is 51.1 Å². The largest absolute Gasteiger partial charge is 0.373 e. The van der Waals surface area contributed by atoms with Crippen LogP contribution in [0.2, 0.25) is 0 Å². The molecule has 0 aliphatic rings. The van der Waals surface area contributed by atoms with Crippen LogP contribution in [0.1, 0.15) is 47.1 Å². The number of amides is 5. The highest BCUT2D eigenvalue weighted by Gasteiger charge is 2.23. The van der Waals surface area contributed by atoms with Crippen LogP contribution < -0.4 is 26.6 Å². The average molecular weight is 622 g/mol. The Balaban J connectivity index is 2.47. The second-order valence-corrected chi connectivity index (χ2v) is 11.9. The molecule has 5 N–H and O–H groups in total. The van der Waals surface area contributed by atoms with Gasteiger partial charge in [0.1, 0.15) is 26.0 Å². The zero-order valence-electron chi connectivity index (χ0n) is 26.5. The third-order valence-electron chi connectivity index (χ3n) is 5.69. The number of ketones is 1. The molecule has 0 bridgehead atoms. The van der Waals surface area contributed by atoms with Crippen LogP contribution >= 0.6 is 0 Å². The van der Waals surface area contributed by atoms with Crippen LogP contribution in [-0.2, 0) is 49.4 Å². The maximum absolute atomic E-state index is 12.9. The fourth-order valence-corrected chi connectivity index (χ4v) is 3.19. The standard InChI is InChI=1S/C30H47N5O9/c1-29(2,3)23(36)18-43-20-34-25(38)16-33-28(41)22(14-21-10-8-7-9-11-21)35-26(39)17-31-24(37)15-32-27(40)19-42-12-13-44-30(4,5)6/h7-11,22H,12-20H2,1-6H3,(H,31,37)(H,32,40)(H,33,41)(H,34,38)(H,35,39)/t22-/m0/s1. The maximum Gasteiger partial charge on any atom is 0.246 e. The highest BCUT2D eigenvalue weighted by Crippen LogP contribution is 2.14. The summed E-state index contributed by atoms with van der Waals surface area (Å²) in [6, 6.07) is 7.88. The van der Waals surface area contributed by atoms with Crippen LogP contribution in [-0.4, -0.2) is 99.8 Å². The lowest BCUT2D eigenvalue weighted by Crippen LogP contribution is -2.52. The Morgan fingerprint density at radius 1 is 0.682 bits per heavy atom. The van der Waals surface area contributed by atoms with Gasteiger partial charge in [-0.2, -0.15) is 0 Å². The first-order valence-electron chi connectivity index (χ1n) is 14.3.